The summed E-state index contributed by atoms with van der Waals surface area (Å²) in [6, 6.07) is 0. The molecule has 0 aliphatic heterocycles. The lowest BCUT2D eigenvalue weighted by Gasteiger charge is -2.36. The standard InChI is InChI=1S/C13H25NO4/c1-12(17,11(16)18-2)8-14-9-13(10-15)6-4-3-5-7-13/h14-15,17H,3-10H2,1-2H3. The average molecular weight is 259 g/mol. The topological polar surface area (TPSA) is 78.8 Å². The quantitative estimate of drug-likeness (QED) is 0.603. The van der Waals surface area contributed by atoms with Crippen molar-refractivity contribution in [1.82, 2.24) is 5.32 Å². The minimum atomic E-state index is -1.51. The van der Waals surface area contributed by atoms with E-state index < -0.39 is 11.6 Å². The van der Waals surface area contributed by atoms with Gasteiger partial charge < -0.3 is 20.3 Å². The summed E-state index contributed by atoms with van der Waals surface area (Å²) in [5.74, 6) is -0.642. The lowest BCUT2D eigenvalue weighted by molar-refractivity contribution is -0.160. The number of hydrogen-bond acceptors (Lipinski definition) is 5. The molecule has 0 aromatic rings. The second-order valence-corrected chi connectivity index (χ2v) is 5.59. The molecule has 5 heteroatoms. The van der Waals surface area contributed by atoms with Crippen LogP contribution in [0.1, 0.15) is 39.0 Å². The van der Waals surface area contributed by atoms with Crippen molar-refractivity contribution in [3.8, 4) is 0 Å². The first-order chi connectivity index (χ1) is 8.46. The molecule has 5 nitrogen and oxygen atoms in total. The zero-order valence-corrected chi connectivity index (χ0v) is 11.4. The normalized spacial score (nSPS) is 22.2. The lowest BCUT2D eigenvalue weighted by atomic mass is 9.74. The van der Waals surface area contributed by atoms with Gasteiger partial charge in [0.2, 0.25) is 0 Å². The van der Waals surface area contributed by atoms with E-state index in [2.05, 4.69) is 10.1 Å². The first kappa shape index (κ1) is 15.4. The molecule has 0 aromatic heterocycles. The Morgan fingerprint density at radius 2 is 2.00 bits per heavy atom. The molecule has 1 atom stereocenters. The first-order valence-electron chi connectivity index (χ1n) is 6.58. The fraction of sp³-hybridized carbons (Fsp3) is 0.923. The third kappa shape index (κ3) is 3.93. The molecule has 0 heterocycles. The van der Waals surface area contributed by atoms with Gasteiger partial charge in [0.1, 0.15) is 0 Å². The van der Waals surface area contributed by atoms with E-state index >= 15 is 0 Å². The van der Waals surface area contributed by atoms with Gasteiger partial charge in [0.15, 0.2) is 5.60 Å². The molecule has 1 aliphatic carbocycles. The molecule has 0 bridgehead atoms. The maximum Gasteiger partial charge on any atom is 0.338 e. The van der Waals surface area contributed by atoms with Crippen molar-refractivity contribution in [2.24, 2.45) is 5.41 Å². The molecular weight excluding hydrogens is 234 g/mol. The van der Waals surface area contributed by atoms with E-state index in [0.29, 0.717) is 6.54 Å². The van der Waals surface area contributed by atoms with Gasteiger partial charge in [0.05, 0.1) is 7.11 Å². The second kappa shape index (κ2) is 6.50. The van der Waals surface area contributed by atoms with E-state index in [1.54, 1.807) is 0 Å². The van der Waals surface area contributed by atoms with Crippen LogP contribution in [0.25, 0.3) is 0 Å². The molecule has 0 spiro atoms. The molecule has 0 aromatic carbocycles. The maximum absolute atomic E-state index is 11.3. The van der Waals surface area contributed by atoms with Crippen molar-refractivity contribution >= 4 is 5.97 Å². The molecule has 106 valence electrons. The second-order valence-electron chi connectivity index (χ2n) is 5.59. The van der Waals surface area contributed by atoms with Crippen LogP contribution >= 0.6 is 0 Å². The maximum atomic E-state index is 11.3. The molecule has 0 radical (unpaired) electrons. The number of carbonyl (C=O) groups excluding carboxylic acids is 1. The molecule has 1 fully saturated rings. The SMILES string of the molecule is COC(=O)C(C)(O)CNCC1(CO)CCCCC1. The number of rotatable bonds is 6. The van der Waals surface area contributed by atoms with Crippen LogP contribution in [0.4, 0.5) is 0 Å². The van der Waals surface area contributed by atoms with Gasteiger partial charge in [-0.1, -0.05) is 19.3 Å². The highest BCUT2D eigenvalue weighted by Gasteiger charge is 2.34. The van der Waals surface area contributed by atoms with Gasteiger partial charge in [0, 0.05) is 25.1 Å². The van der Waals surface area contributed by atoms with Crippen molar-refractivity contribution in [1.29, 1.82) is 0 Å². The number of nitrogens with one attached hydrogen (secondary N) is 1. The zero-order chi connectivity index (χ0) is 13.6. The first-order valence-corrected chi connectivity index (χ1v) is 6.58. The molecule has 1 saturated carbocycles. The van der Waals surface area contributed by atoms with Crippen LogP contribution in [0.5, 0.6) is 0 Å². The number of esters is 1. The highest BCUT2D eigenvalue weighted by atomic mass is 16.5. The molecule has 1 unspecified atom stereocenters. The fourth-order valence-corrected chi connectivity index (χ4v) is 2.56. The van der Waals surface area contributed by atoms with Crippen molar-refractivity contribution < 1.29 is 19.7 Å². The number of methoxy groups -OCH3 is 1. The Balaban J connectivity index is 2.42. The smallest absolute Gasteiger partial charge is 0.338 e. The highest BCUT2D eigenvalue weighted by Crippen LogP contribution is 2.35. The third-order valence-corrected chi connectivity index (χ3v) is 3.84. The monoisotopic (exact) mass is 259 g/mol. The fourth-order valence-electron chi connectivity index (χ4n) is 2.56. The Morgan fingerprint density at radius 1 is 1.39 bits per heavy atom. The summed E-state index contributed by atoms with van der Waals surface area (Å²) >= 11 is 0. The Bertz CT molecular complexity index is 272. The van der Waals surface area contributed by atoms with Crippen LogP contribution in [-0.4, -0.2) is 48.6 Å². The van der Waals surface area contributed by atoms with Crippen LogP contribution in [0, 0.1) is 5.41 Å². The van der Waals surface area contributed by atoms with E-state index in [0.717, 1.165) is 25.7 Å². The lowest BCUT2D eigenvalue weighted by Crippen LogP contribution is -2.49. The van der Waals surface area contributed by atoms with Gasteiger partial charge in [0.25, 0.3) is 0 Å². The number of hydrogen-bond donors (Lipinski definition) is 3. The Morgan fingerprint density at radius 3 is 2.50 bits per heavy atom. The molecule has 0 saturated heterocycles. The molecule has 0 amide bonds. The zero-order valence-electron chi connectivity index (χ0n) is 11.4. The van der Waals surface area contributed by atoms with E-state index in [1.165, 1.54) is 20.5 Å². The summed E-state index contributed by atoms with van der Waals surface area (Å²) in [5.41, 5.74) is -1.61. The summed E-state index contributed by atoms with van der Waals surface area (Å²) in [6.45, 7) is 2.34. The number of ether oxygens (including phenoxy) is 1. The van der Waals surface area contributed by atoms with Gasteiger partial charge in [-0.2, -0.15) is 0 Å². The van der Waals surface area contributed by atoms with Crippen molar-refractivity contribution in [3.63, 3.8) is 0 Å². The van der Waals surface area contributed by atoms with Gasteiger partial charge >= 0.3 is 5.97 Å². The Hall–Kier alpha value is -0.650. The summed E-state index contributed by atoms with van der Waals surface area (Å²) in [7, 11) is 1.26. The minimum absolute atomic E-state index is 0.0928. The number of carbonyl (C=O) groups is 1. The van der Waals surface area contributed by atoms with Crippen LogP contribution in [0.3, 0.4) is 0 Å². The predicted molar refractivity (Wildman–Crippen MR) is 68.1 cm³/mol. The van der Waals surface area contributed by atoms with E-state index in [9.17, 15) is 15.0 Å². The summed E-state index contributed by atoms with van der Waals surface area (Å²) in [4.78, 5) is 11.3. The van der Waals surface area contributed by atoms with Crippen LogP contribution in [0.2, 0.25) is 0 Å². The van der Waals surface area contributed by atoms with Gasteiger partial charge in [-0.3, -0.25) is 0 Å². The van der Waals surface area contributed by atoms with Crippen molar-refractivity contribution in [2.75, 3.05) is 26.8 Å². The highest BCUT2D eigenvalue weighted by molar-refractivity contribution is 5.78. The number of aliphatic hydroxyl groups is 2. The molecule has 3 N–H and O–H groups in total. The van der Waals surface area contributed by atoms with E-state index in [1.807, 2.05) is 0 Å². The van der Waals surface area contributed by atoms with Gasteiger partial charge in [-0.05, 0) is 19.8 Å². The van der Waals surface area contributed by atoms with E-state index in [-0.39, 0.29) is 18.6 Å². The summed E-state index contributed by atoms with van der Waals surface area (Å²) in [6.07, 6.45) is 5.49. The van der Waals surface area contributed by atoms with Crippen LogP contribution in [0.15, 0.2) is 0 Å². The van der Waals surface area contributed by atoms with Crippen LogP contribution < -0.4 is 5.32 Å². The summed E-state index contributed by atoms with van der Waals surface area (Å²) in [5, 5.41) is 22.5. The van der Waals surface area contributed by atoms with Crippen molar-refractivity contribution in [2.45, 2.75) is 44.6 Å². The van der Waals surface area contributed by atoms with E-state index in [4.69, 9.17) is 0 Å². The average Bonchev–Trinajstić information content (AvgIpc) is 2.38. The Kier molecular flexibility index (Phi) is 5.56. The van der Waals surface area contributed by atoms with Gasteiger partial charge in [-0.25, -0.2) is 4.79 Å². The Labute approximate surface area is 109 Å². The molecule has 1 rings (SSSR count). The largest absolute Gasteiger partial charge is 0.467 e. The minimum Gasteiger partial charge on any atom is -0.467 e. The predicted octanol–water partition coefficient (Wildman–Crippen LogP) is 0.443. The molecule has 1 aliphatic rings. The van der Waals surface area contributed by atoms with Gasteiger partial charge in [-0.15, -0.1) is 0 Å². The van der Waals surface area contributed by atoms with Crippen molar-refractivity contribution in [3.05, 3.63) is 0 Å². The molecular formula is C13H25NO4. The number of aliphatic hydroxyl groups excluding tert-OH is 1. The molecule has 18 heavy (non-hydrogen) atoms. The van der Waals surface area contributed by atoms with Crippen LogP contribution in [-0.2, 0) is 9.53 Å². The third-order valence-electron chi connectivity index (χ3n) is 3.84. The summed E-state index contributed by atoms with van der Waals surface area (Å²) < 4.78 is 4.53.